The number of fused-ring (bicyclic) bond motifs is 1. The average molecular weight is 361 g/mol. The zero-order chi connectivity index (χ0) is 19.0. The molecule has 4 nitrogen and oxygen atoms in total. The molecule has 1 unspecified atom stereocenters. The third-order valence-corrected chi connectivity index (χ3v) is 5.21. The van der Waals surface area contributed by atoms with Crippen molar-refractivity contribution in [2.24, 2.45) is 5.92 Å². The van der Waals surface area contributed by atoms with E-state index in [1.165, 1.54) is 22.4 Å². The number of allylic oxidation sites excluding steroid dienone is 2. The Morgan fingerprint density at radius 3 is 2.56 bits per heavy atom. The quantitative estimate of drug-likeness (QED) is 0.747. The van der Waals surface area contributed by atoms with Crippen molar-refractivity contribution < 1.29 is 4.74 Å². The summed E-state index contributed by atoms with van der Waals surface area (Å²) in [5.74, 6) is 1.52. The zero-order valence-corrected chi connectivity index (χ0v) is 16.6. The fraction of sp³-hybridized carbons (Fsp3) is 0.348. The summed E-state index contributed by atoms with van der Waals surface area (Å²) in [4.78, 5) is 9.29. The summed E-state index contributed by atoms with van der Waals surface area (Å²) in [7, 11) is 5.97. The summed E-state index contributed by atoms with van der Waals surface area (Å²) in [6.07, 6.45) is 6.23. The van der Waals surface area contributed by atoms with Crippen molar-refractivity contribution in [3.05, 3.63) is 65.6 Å². The number of rotatable bonds is 7. The molecular formula is C23H27N3O. The summed E-state index contributed by atoms with van der Waals surface area (Å²) >= 11 is 0. The van der Waals surface area contributed by atoms with Crippen LogP contribution in [0.4, 0.5) is 0 Å². The molecule has 1 aliphatic heterocycles. The van der Waals surface area contributed by atoms with Gasteiger partial charge in [0.1, 0.15) is 5.75 Å². The van der Waals surface area contributed by atoms with Gasteiger partial charge in [-0.05, 0) is 61.0 Å². The van der Waals surface area contributed by atoms with Gasteiger partial charge in [0.25, 0.3) is 0 Å². The van der Waals surface area contributed by atoms with E-state index in [1.54, 1.807) is 7.11 Å². The van der Waals surface area contributed by atoms with Gasteiger partial charge in [-0.3, -0.25) is 4.98 Å². The minimum atomic E-state index is 0.644. The molecule has 140 valence electrons. The lowest BCUT2D eigenvalue weighted by Gasteiger charge is -2.25. The first-order valence-corrected chi connectivity index (χ1v) is 9.50. The Balaban J connectivity index is 1.50. The van der Waals surface area contributed by atoms with Gasteiger partial charge in [0.2, 0.25) is 0 Å². The molecule has 0 amide bonds. The van der Waals surface area contributed by atoms with Gasteiger partial charge in [0, 0.05) is 48.9 Å². The van der Waals surface area contributed by atoms with Crippen molar-refractivity contribution in [2.75, 3.05) is 40.8 Å². The second-order valence-corrected chi connectivity index (χ2v) is 7.86. The fourth-order valence-electron chi connectivity index (χ4n) is 3.98. The monoisotopic (exact) mass is 361 g/mol. The molecule has 0 fully saturated rings. The molecule has 27 heavy (non-hydrogen) atoms. The molecule has 2 heterocycles. The van der Waals surface area contributed by atoms with Crippen molar-refractivity contribution in [1.29, 1.82) is 0 Å². The second-order valence-electron chi connectivity index (χ2n) is 7.86. The Morgan fingerprint density at radius 2 is 1.85 bits per heavy atom. The van der Waals surface area contributed by atoms with Crippen LogP contribution in [0, 0.1) is 5.92 Å². The number of pyridine rings is 1. The van der Waals surface area contributed by atoms with E-state index in [0.717, 1.165) is 36.5 Å². The summed E-state index contributed by atoms with van der Waals surface area (Å²) in [5.41, 5.74) is 7.78. The molecule has 0 spiro atoms. The summed E-state index contributed by atoms with van der Waals surface area (Å²) in [6.45, 7) is 5.53. The van der Waals surface area contributed by atoms with Gasteiger partial charge >= 0.3 is 0 Å². The maximum atomic E-state index is 5.26. The minimum absolute atomic E-state index is 0.644. The first-order valence-electron chi connectivity index (χ1n) is 9.50. The van der Waals surface area contributed by atoms with Gasteiger partial charge in [0.15, 0.2) is 0 Å². The third-order valence-electron chi connectivity index (χ3n) is 5.21. The van der Waals surface area contributed by atoms with Gasteiger partial charge in [-0.15, -0.1) is 0 Å². The highest BCUT2D eigenvalue weighted by Crippen LogP contribution is 2.45. The number of ether oxygens (including phenoxy) is 1. The number of methoxy groups -OCH3 is 1. The Hall–Kier alpha value is -2.59. The highest BCUT2D eigenvalue weighted by molar-refractivity contribution is 5.87. The normalized spacial score (nSPS) is 16.5. The summed E-state index contributed by atoms with van der Waals surface area (Å²) < 4.78 is 5.26. The van der Waals surface area contributed by atoms with Gasteiger partial charge in [0.05, 0.1) is 7.11 Å². The van der Waals surface area contributed by atoms with Crippen LogP contribution in [-0.4, -0.2) is 55.6 Å². The highest BCUT2D eigenvalue weighted by atomic mass is 16.5. The summed E-state index contributed by atoms with van der Waals surface area (Å²) in [6, 6.07) is 10.4. The standard InChI is InChI=1S/C23H27N3O/c1-16(13-25(2)3)14-26-15-22(21-10-23(21)26)19-9-18(11-24-12-19)17-5-7-20(27-4)8-6-17/h5-12,16H,13-15H2,1-4H3. The topological polar surface area (TPSA) is 28.6 Å². The van der Waals surface area contributed by atoms with E-state index < -0.39 is 0 Å². The third kappa shape index (κ3) is 3.76. The maximum absolute atomic E-state index is 5.26. The molecule has 0 radical (unpaired) electrons. The first-order chi connectivity index (χ1) is 13.0. The Bertz CT molecular complexity index is 896. The molecule has 1 atom stereocenters. The van der Waals surface area contributed by atoms with Gasteiger partial charge in [-0.2, -0.15) is 0 Å². The lowest BCUT2D eigenvalue weighted by Crippen LogP contribution is -2.30. The van der Waals surface area contributed by atoms with Gasteiger partial charge in [-0.25, -0.2) is 0 Å². The van der Waals surface area contributed by atoms with Crippen molar-refractivity contribution in [2.45, 2.75) is 6.92 Å². The molecule has 1 aromatic heterocycles. The number of aromatic nitrogens is 1. The molecule has 1 aromatic carbocycles. The smallest absolute Gasteiger partial charge is 0.118 e. The molecule has 0 bridgehead atoms. The number of benzene rings is 1. The van der Waals surface area contributed by atoms with Gasteiger partial charge in [-0.1, -0.05) is 19.1 Å². The Kier molecular flexibility index (Phi) is 4.75. The van der Waals surface area contributed by atoms with Crippen molar-refractivity contribution in [3.8, 4) is 16.9 Å². The number of nitrogens with zero attached hydrogens (tertiary/aromatic N) is 3. The van der Waals surface area contributed by atoms with Crippen LogP contribution in [0.1, 0.15) is 12.5 Å². The lowest BCUT2D eigenvalue weighted by molar-refractivity contribution is 0.277. The minimum Gasteiger partial charge on any atom is -0.497 e. The molecule has 0 N–H and O–H groups in total. The number of hydrogen-bond donors (Lipinski definition) is 0. The molecule has 0 saturated heterocycles. The molecule has 0 saturated carbocycles. The molecule has 1 aliphatic carbocycles. The van der Waals surface area contributed by atoms with Crippen molar-refractivity contribution in [3.63, 3.8) is 0 Å². The lowest BCUT2D eigenvalue weighted by atomic mass is 10.0. The maximum Gasteiger partial charge on any atom is 0.118 e. The van der Waals surface area contributed by atoms with Crippen molar-refractivity contribution in [1.82, 2.24) is 14.8 Å². The van der Waals surface area contributed by atoms with E-state index in [1.807, 2.05) is 24.5 Å². The van der Waals surface area contributed by atoms with Crippen LogP contribution >= 0.6 is 0 Å². The fourth-order valence-corrected chi connectivity index (χ4v) is 3.98. The van der Waals surface area contributed by atoms with E-state index in [9.17, 15) is 0 Å². The van der Waals surface area contributed by atoms with Crippen LogP contribution < -0.4 is 4.74 Å². The molecule has 2 aromatic rings. The van der Waals surface area contributed by atoms with E-state index in [0.29, 0.717) is 5.92 Å². The van der Waals surface area contributed by atoms with Crippen LogP contribution in [0.25, 0.3) is 16.7 Å². The number of hydrogen-bond acceptors (Lipinski definition) is 4. The molecule has 4 heteroatoms. The SMILES string of the molecule is COc1ccc(-c2cncc(C3=C4C=C4N(CC(C)CN(C)C)C3)c2)cc1. The van der Waals surface area contributed by atoms with E-state index >= 15 is 0 Å². The van der Waals surface area contributed by atoms with Crippen LogP contribution in [0.3, 0.4) is 0 Å². The first kappa shape index (κ1) is 17.8. The van der Waals surface area contributed by atoms with E-state index in [2.05, 4.69) is 60.1 Å². The van der Waals surface area contributed by atoms with Crippen LogP contribution in [-0.2, 0) is 0 Å². The molecule has 2 aliphatic rings. The van der Waals surface area contributed by atoms with E-state index in [-0.39, 0.29) is 0 Å². The van der Waals surface area contributed by atoms with E-state index in [4.69, 9.17) is 4.74 Å². The predicted molar refractivity (Wildman–Crippen MR) is 111 cm³/mol. The zero-order valence-electron chi connectivity index (χ0n) is 16.6. The summed E-state index contributed by atoms with van der Waals surface area (Å²) in [5, 5.41) is 0. The second kappa shape index (κ2) is 7.20. The van der Waals surface area contributed by atoms with Crippen LogP contribution in [0.5, 0.6) is 5.75 Å². The molecular weight excluding hydrogens is 334 g/mol. The predicted octanol–water partition coefficient (Wildman–Crippen LogP) is 3.92. The largest absolute Gasteiger partial charge is 0.497 e. The van der Waals surface area contributed by atoms with Crippen LogP contribution in [0.2, 0.25) is 0 Å². The average Bonchev–Trinajstić information content (AvgIpc) is 3.38. The molecule has 4 rings (SSSR count). The van der Waals surface area contributed by atoms with Crippen molar-refractivity contribution >= 4 is 5.57 Å². The van der Waals surface area contributed by atoms with Crippen LogP contribution in [0.15, 0.2) is 60.1 Å². The highest BCUT2D eigenvalue weighted by Gasteiger charge is 2.35. The Labute approximate surface area is 161 Å². The Morgan fingerprint density at radius 1 is 1.11 bits per heavy atom. The van der Waals surface area contributed by atoms with Gasteiger partial charge < -0.3 is 14.5 Å².